The van der Waals surface area contributed by atoms with Crippen molar-refractivity contribution in [3.8, 4) is 0 Å². The van der Waals surface area contributed by atoms with E-state index in [0.29, 0.717) is 6.04 Å². The van der Waals surface area contributed by atoms with Crippen molar-refractivity contribution in [3.05, 3.63) is 64.1 Å². The van der Waals surface area contributed by atoms with Crippen molar-refractivity contribution in [2.45, 2.75) is 76.7 Å². The Morgan fingerprint density at radius 2 is 1.87 bits per heavy atom. The van der Waals surface area contributed by atoms with Crippen molar-refractivity contribution in [2.75, 3.05) is 7.05 Å². The van der Waals surface area contributed by atoms with E-state index in [1.807, 2.05) is 6.92 Å². The van der Waals surface area contributed by atoms with Gasteiger partial charge in [0.2, 0.25) is 5.91 Å². The van der Waals surface area contributed by atoms with Gasteiger partial charge in [-0.1, -0.05) is 37.3 Å². The van der Waals surface area contributed by atoms with Crippen LogP contribution in [0.4, 0.5) is 0 Å². The minimum Gasteiger partial charge on any atom is -0.333 e. The Bertz CT molecular complexity index is 1040. The molecule has 2 aromatic rings. The molecule has 1 aromatic carbocycles. The zero-order chi connectivity index (χ0) is 21.8. The van der Waals surface area contributed by atoms with E-state index in [0.717, 1.165) is 31.4 Å². The number of fused-ring (bicyclic) bond motifs is 1. The molecule has 1 aromatic heterocycles. The van der Waals surface area contributed by atoms with Gasteiger partial charge in [0.05, 0.1) is 5.69 Å². The first-order valence-corrected chi connectivity index (χ1v) is 11.5. The van der Waals surface area contributed by atoms with E-state index in [-0.39, 0.29) is 41.6 Å². The number of benzene rings is 1. The monoisotopic (exact) mass is 420 g/mol. The number of likely N-dealkylation sites (N-methyl/N-ethyl adjacent to an activating group) is 1. The molecule has 0 N–H and O–H groups in total. The van der Waals surface area contributed by atoms with Gasteiger partial charge in [0.25, 0.3) is 5.56 Å². The van der Waals surface area contributed by atoms with Gasteiger partial charge in [-0.2, -0.15) is 5.10 Å². The van der Waals surface area contributed by atoms with Gasteiger partial charge in [0.15, 0.2) is 0 Å². The lowest BCUT2D eigenvalue weighted by molar-refractivity contribution is -0.136. The van der Waals surface area contributed by atoms with Crippen LogP contribution in [0.25, 0.3) is 0 Å². The highest BCUT2D eigenvalue weighted by Crippen LogP contribution is 2.56. The molecule has 3 heterocycles. The summed E-state index contributed by atoms with van der Waals surface area (Å²) in [6.45, 7) is 4.25. The van der Waals surface area contributed by atoms with E-state index in [4.69, 9.17) is 0 Å². The minimum absolute atomic E-state index is 0.0238. The first-order chi connectivity index (χ1) is 14.9. The quantitative estimate of drug-likeness (QED) is 0.763. The van der Waals surface area contributed by atoms with Gasteiger partial charge in [-0.3, -0.25) is 14.5 Å². The first kappa shape index (κ1) is 20.4. The fourth-order valence-electron chi connectivity index (χ4n) is 6.76. The van der Waals surface area contributed by atoms with Crippen molar-refractivity contribution in [3.63, 3.8) is 0 Å². The first-order valence-electron chi connectivity index (χ1n) is 11.5. The number of carbonyl (C=O) groups excluding carboxylic acids is 1. The number of carbonyl (C=O) groups is 1. The number of aromatic nitrogens is 2. The maximum atomic E-state index is 13.7. The summed E-state index contributed by atoms with van der Waals surface area (Å²) in [5.74, 6) is 0.0351. The molecular formula is C25H32N4O2. The summed E-state index contributed by atoms with van der Waals surface area (Å²) < 4.78 is 1.33. The Morgan fingerprint density at radius 1 is 1.13 bits per heavy atom. The van der Waals surface area contributed by atoms with E-state index in [2.05, 4.69) is 59.2 Å². The van der Waals surface area contributed by atoms with E-state index >= 15 is 0 Å². The highest BCUT2D eigenvalue weighted by atomic mass is 16.2. The molecule has 3 aliphatic rings. The average Bonchev–Trinajstić information content (AvgIpc) is 3.06. The largest absolute Gasteiger partial charge is 0.333 e. The Morgan fingerprint density at radius 3 is 2.65 bits per heavy atom. The lowest BCUT2D eigenvalue weighted by Crippen LogP contribution is -2.59. The molecule has 6 nitrogen and oxygen atoms in total. The van der Waals surface area contributed by atoms with Crippen LogP contribution in [0.3, 0.4) is 0 Å². The summed E-state index contributed by atoms with van der Waals surface area (Å²) in [5.41, 5.74) is 1.96. The van der Waals surface area contributed by atoms with Crippen LogP contribution in [0, 0.1) is 12.3 Å². The summed E-state index contributed by atoms with van der Waals surface area (Å²) in [6.07, 6.45) is 5.38. The third kappa shape index (κ3) is 3.32. The smallest absolute Gasteiger partial charge is 0.267 e. The number of piperidine rings is 1. The molecule has 0 unspecified atom stereocenters. The van der Waals surface area contributed by atoms with E-state index in [1.54, 1.807) is 6.07 Å². The lowest BCUT2D eigenvalue weighted by Gasteiger charge is -2.51. The third-order valence-electron chi connectivity index (χ3n) is 8.14. The molecule has 31 heavy (non-hydrogen) atoms. The second-order valence-electron chi connectivity index (χ2n) is 9.93. The van der Waals surface area contributed by atoms with Crippen molar-refractivity contribution >= 4 is 5.91 Å². The van der Waals surface area contributed by atoms with Crippen LogP contribution >= 0.6 is 0 Å². The molecule has 1 amide bonds. The fourth-order valence-corrected chi connectivity index (χ4v) is 6.76. The molecule has 1 aliphatic carbocycles. The maximum Gasteiger partial charge on any atom is 0.267 e. The number of hydrogen-bond donors (Lipinski definition) is 0. The van der Waals surface area contributed by atoms with Crippen LogP contribution < -0.4 is 5.56 Å². The molecular weight excluding hydrogens is 388 g/mol. The van der Waals surface area contributed by atoms with Crippen LogP contribution in [0.15, 0.2) is 47.3 Å². The molecule has 5 rings (SSSR count). The number of aryl methyl sites for hydroxylation is 1. The number of hydrogen-bond acceptors (Lipinski definition) is 4. The van der Waals surface area contributed by atoms with Gasteiger partial charge in [-0.25, -0.2) is 4.68 Å². The predicted octanol–water partition coefficient (Wildman–Crippen LogP) is 2.64. The molecule has 1 saturated carbocycles. The number of nitrogens with zero attached hydrogens (tertiary/aromatic N) is 4. The molecule has 2 aliphatic heterocycles. The van der Waals surface area contributed by atoms with Crippen LogP contribution in [0.5, 0.6) is 0 Å². The number of likely N-dealkylation sites (tertiary alicyclic amines) is 2. The zero-order valence-corrected chi connectivity index (χ0v) is 18.7. The van der Waals surface area contributed by atoms with Crippen molar-refractivity contribution in [1.29, 1.82) is 0 Å². The highest BCUT2D eigenvalue weighted by molar-refractivity contribution is 5.77. The van der Waals surface area contributed by atoms with Crippen LogP contribution in [-0.2, 0) is 17.8 Å². The molecule has 5 atom stereocenters. The molecule has 6 heteroatoms. The number of amides is 1. The molecule has 0 radical (unpaired) electrons. The summed E-state index contributed by atoms with van der Waals surface area (Å²) >= 11 is 0. The topological polar surface area (TPSA) is 58.4 Å². The molecule has 2 saturated heterocycles. The van der Waals surface area contributed by atoms with Gasteiger partial charge in [0, 0.05) is 35.6 Å². The van der Waals surface area contributed by atoms with Gasteiger partial charge in [-0.05, 0) is 57.7 Å². The Hall–Kier alpha value is -2.47. The Kier molecular flexibility index (Phi) is 5.00. The lowest BCUT2D eigenvalue weighted by atomic mass is 9.64. The molecule has 2 bridgehead atoms. The summed E-state index contributed by atoms with van der Waals surface area (Å²) in [4.78, 5) is 30.7. The van der Waals surface area contributed by atoms with Gasteiger partial charge in [0.1, 0.15) is 6.54 Å². The van der Waals surface area contributed by atoms with Crippen molar-refractivity contribution in [2.24, 2.45) is 5.41 Å². The van der Waals surface area contributed by atoms with Gasteiger partial charge in [-0.15, -0.1) is 0 Å². The summed E-state index contributed by atoms with van der Waals surface area (Å²) in [5, 5.41) is 4.31. The highest BCUT2D eigenvalue weighted by Gasteiger charge is 2.62. The van der Waals surface area contributed by atoms with E-state index in [1.165, 1.54) is 22.7 Å². The summed E-state index contributed by atoms with van der Waals surface area (Å²) in [6, 6.07) is 15.0. The molecule has 0 spiro atoms. The van der Waals surface area contributed by atoms with Gasteiger partial charge < -0.3 is 4.90 Å². The SMILES string of the molecule is Cc1ccc(=O)n(CC(=O)N2[C@H]3CCC[C@H]4N(C)[C@@H](Cc5ccccc5)[C@@H]2C[C@@]34C)n1. The average molecular weight is 421 g/mol. The summed E-state index contributed by atoms with van der Waals surface area (Å²) in [7, 11) is 2.26. The van der Waals surface area contributed by atoms with Crippen molar-refractivity contribution < 1.29 is 4.79 Å². The van der Waals surface area contributed by atoms with E-state index in [9.17, 15) is 9.59 Å². The van der Waals surface area contributed by atoms with E-state index < -0.39 is 0 Å². The normalized spacial score (nSPS) is 32.3. The van der Waals surface area contributed by atoms with Crippen LogP contribution in [0.2, 0.25) is 0 Å². The number of rotatable bonds is 4. The predicted molar refractivity (Wildman–Crippen MR) is 120 cm³/mol. The van der Waals surface area contributed by atoms with Gasteiger partial charge >= 0.3 is 0 Å². The Labute approximate surface area is 183 Å². The molecule has 164 valence electrons. The van der Waals surface area contributed by atoms with Crippen LogP contribution in [-0.4, -0.2) is 56.7 Å². The van der Waals surface area contributed by atoms with Crippen LogP contribution in [0.1, 0.15) is 43.9 Å². The maximum absolute atomic E-state index is 13.7. The minimum atomic E-state index is -0.216. The zero-order valence-electron chi connectivity index (χ0n) is 18.7. The third-order valence-corrected chi connectivity index (χ3v) is 8.14. The Balaban J connectivity index is 1.49. The fraction of sp³-hybridized carbons (Fsp3) is 0.560. The second kappa shape index (κ2) is 7.59. The molecule has 3 fully saturated rings. The standard InChI is InChI=1S/C25H32N4O2/c1-17-12-13-23(30)28(26-17)16-24(31)29-20-15-25(2)21(10-7-11-22(25)29)27(3)19(20)14-18-8-5-4-6-9-18/h4-6,8-9,12-13,19-22H,7,10-11,14-16H2,1-3H3/t19-,20-,21+,22-,25+/m0/s1. The van der Waals surface area contributed by atoms with Crippen molar-refractivity contribution in [1.82, 2.24) is 19.6 Å². The second-order valence-corrected chi connectivity index (χ2v) is 9.93.